The van der Waals surface area contributed by atoms with Gasteiger partial charge in [-0.25, -0.2) is 0 Å². The zero-order valence-electron chi connectivity index (χ0n) is 12.1. The number of aliphatic hydroxyl groups is 2. The maximum absolute atomic E-state index is 8.20. The van der Waals surface area contributed by atoms with Crippen LogP contribution < -0.4 is 0 Å². The molecule has 0 aromatic carbocycles. The van der Waals surface area contributed by atoms with Gasteiger partial charge in [0, 0.05) is 13.2 Å². The lowest BCUT2D eigenvalue weighted by molar-refractivity contribution is 0.284. The summed E-state index contributed by atoms with van der Waals surface area (Å²) < 4.78 is 0. The van der Waals surface area contributed by atoms with E-state index in [2.05, 4.69) is 13.8 Å². The maximum Gasteiger partial charge on any atom is 0.0431 e. The molecule has 0 unspecified atom stereocenters. The highest BCUT2D eigenvalue weighted by atomic mass is 16.3. The smallest absolute Gasteiger partial charge is 0.0431 e. The molecule has 0 atom stereocenters. The van der Waals surface area contributed by atoms with Crippen molar-refractivity contribution in [3.8, 4) is 0 Å². The molecule has 1 aliphatic rings. The Morgan fingerprint density at radius 1 is 0.588 bits per heavy atom. The summed E-state index contributed by atoms with van der Waals surface area (Å²) in [6.07, 6.45) is 14.2. The lowest BCUT2D eigenvalue weighted by Gasteiger charge is -1.85. The highest BCUT2D eigenvalue weighted by molar-refractivity contribution is 4.51. The van der Waals surface area contributed by atoms with E-state index < -0.39 is 0 Å². The van der Waals surface area contributed by atoms with Gasteiger partial charge in [0.25, 0.3) is 0 Å². The molecule has 2 heteroatoms. The van der Waals surface area contributed by atoms with Crippen molar-refractivity contribution in [1.29, 1.82) is 0 Å². The van der Waals surface area contributed by atoms with Crippen LogP contribution >= 0.6 is 0 Å². The van der Waals surface area contributed by atoms with E-state index in [1.54, 1.807) is 0 Å². The first kappa shape index (κ1) is 19.3. The van der Waals surface area contributed by atoms with Crippen LogP contribution in [0.4, 0.5) is 0 Å². The summed E-state index contributed by atoms with van der Waals surface area (Å²) in [5.41, 5.74) is 0. The zero-order valence-corrected chi connectivity index (χ0v) is 12.1. The van der Waals surface area contributed by atoms with Crippen LogP contribution in [0.25, 0.3) is 0 Å². The van der Waals surface area contributed by atoms with Gasteiger partial charge in [-0.3, -0.25) is 0 Å². The van der Waals surface area contributed by atoms with E-state index in [0.717, 1.165) is 25.7 Å². The molecule has 0 saturated heterocycles. The molecule has 1 rings (SSSR count). The largest absolute Gasteiger partial charge is 0.396 e. The lowest BCUT2D eigenvalue weighted by atomic mass is 10.3. The van der Waals surface area contributed by atoms with Crippen molar-refractivity contribution in [1.82, 2.24) is 0 Å². The third-order valence-corrected chi connectivity index (χ3v) is 2.77. The normalized spacial score (nSPS) is 13.4. The minimum absolute atomic E-state index is 0.355. The fourth-order valence-electron chi connectivity index (χ4n) is 1.61. The Kier molecular flexibility index (Phi) is 24.1. The molecule has 0 amide bonds. The van der Waals surface area contributed by atoms with Crippen LogP contribution in [0.5, 0.6) is 0 Å². The van der Waals surface area contributed by atoms with Crippen LogP contribution in [0.1, 0.15) is 84.5 Å². The number of hydrogen-bond donors (Lipinski definition) is 2. The predicted octanol–water partition coefficient (Wildman–Crippen LogP) is 4.29. The molecule has 17 heavy (non-hydrogen) atoms. The van der Waals surface area contributed by atoms with Crippen molar-refractivity contribution in [2.75, 3.05) is 13.2 Å². The molecule has 0 spiro atoms. The minimum Gasteiger partial charge on any atom is -0.396 e. The standard InChI is InChI=1S/2C5H12O.C5H10/c2*1-2-3-4-5-6;1-2-4-5-3-1/h2*6H,2-5H2,1H3;1-5H2. The third-order valence-electron chi connectivity index (χ3n) is 2.77. The van der Waals surface area contributed by atoms with Crippen molar-refractivity contribution < 1.29 is 10.2 Å². The summed E-state index contributed by atoms with van der Waals surface area (Å²) in [5, 5.41) is 16.4. The molecule has 0 aliphatic heterocycles. The monoisotopic (exact) mass is 246 g/mol. The fraction of sp³-hybridized carbons (Fsp3) is 1.00. The van der Waals surface area contributed by atoms with E-state index in [0.29, 0.717) is 13.2 Å². The van der Waals surface area contributed by atoms with Gasteiger partial charge >= 0.3 is 0 Å². The second-order valence-electron chi connectivity index (χ2n) is 4.63. The quantitative estimate of drug-likeness (QED) is 0.686. The van der Waals surface area contributed by atoms with Gasteiger partial charge in [-0.05, 0) is 12.8 Å². The Hall–Kier alpha value is -0.0800. The molecule has 106 valence electrons. The van der Waals surface area contributed by atoms with Crippen molar-refractivity contribution in [3.05, 3.63) is 0 Å². The van der Waals surface area contributed by atoms with Gasteiger partial charge in [-0.1, -0.05) is 71.6 Å². The second kappa shape index (κ2) is 21.2. The van der Waals surface area contributed by atoms with Crippen LogP contribution in [0.3, 0.4) is 0 Å². The van der Waals surface area contributed by atoms with Gasteiger partial charge in [-0.15, -0.1) is 0 Å². The average Bonchev–Trinajstić information content (AvgIpc) is 2.93. The first-order valence-corrected chi connectivity index (χ1v) is 7.55. The van der Waals surface area contributed by atoms with E-state index in [9.17, 15) is 0 Å². The van der Waals surface area contributed by atoms with Crippen molar-refractivity contribution in [2.24, 2.45) is 0 Å². The van der Waals surface area contributed by atoms with Crippen molar-refractivity contribution in [2.45, 2.75) is 84.5 Å². The Balaban J connectivity index is 0. The van der Waals surface area contributed by atoms with E-state index in [1.807, 2.05) is 0 Å². The summed E-state index contributed by atoms with van der Waals surface area (Å²) in [4.78, 5) is 0. The molecule has 0 bridgehead atoms. The topological polar surface area (TPSA) is 40.5 Å². The average molecular weight is 246 g/mol. The predicted molar refractivity (Wildman–Crippen MR) is 76.3 cm³/mol. The van der Waals surface area contributed by atoms with Gasteiger partial charge in [0.2, 0.25) is 0 Å². The van der Waals surface area contributed by atoms with E-state index in [-0.39, 0.29) is 0 Å². The van der Waals surface area contributed by atoms with Crippen LogP contribution in [0, 0.1) is 0 Å². The fourth-order valence-corrected chi connectivity index (χ4v) is 1.61. The lowest BCUT2D eigenvalue weighted by Crippen LogP contribution is -1.78. The first-order valence-electron chi connectivity index (χ1n) is 7.55. The molecule has 2 N–H and O–H groups in total. The van der Waals surface area contributed by atoms with Gasteiger partial charge in [0.05, 0.1) is 0 Å². The molecule has 0 aromatic rings. The van der Waals surface area contributed by atoms with E-state index >= 15 is 0 Å². The van der Waals surface area contributed by atoms with E-state index in [1.165, 1.54) is 44.9 Å². The number of aliphatic hydroxyl groups excluding tert-OH is 2. The van der Waals surface area contributed by atoms with Crippen LogP contribution in [-0.2, 0) is 0 Å². The molecule has 1 saturated carbocycles. The van der Waals surface area contributed by atoms with Crippen LogP contribution in [0.15, 0.2) is 0 Å². The SMILES string of the molecule is C1CCCC1.CCCCCO.CCCCCO. The molecule has 0 heterocycles. The Labute approximate surface area is 108 Å². The Bertz CT molecular complexity index is 77.5. The zero-order chi connectivity index (χ0) is 13.2. The minimum atomic E-state index is 0.355. The Morgan fingerprint density at radius 2 is 0.882 bits per heavy atom. The maximum atomic E-state index is 8.20. The highest BCUT2D eigenvalue weighted by Crippen LogP contribution is 2.15. The molecule has 0 aromatic heterocycles. The number of rotatable bonds is 6. The Morgan fingerprint density at radius 3 is 1.00 bits per heavy atom. The van der Waals surface area contributed by atoms with Crippen molar-refractivity contribution in [3.63, 3.8) is 0 Å². The van der Waals surface area contributed by atoms with Gasteiger partial charge < -0.3 is 10.2 Å². The summed E-state index contributed by atoms with van der Waals surface area (Å²) in [6, 6.07) is 0. The molecular weight excluding hydrogens is 212 g/mol. The molecule has 2 nitrogen and oxygen atoms in total. The second-order valence-corrected chi connectivity index (χ2v) is 4.63. The molecule has 1 aliphatic carbocycles. The molecular formula is C15H34O2. The van der Waals surface area contributed by atoms with Crippen LogP contribution in [0.2, 0.25) is 0 Å². The summed E-state index contributed by atoms with van der Waals surface area (Å²) in [5.74, 6) is 0. The number of unbranched alkanes of at least 4 members (excludes halogenated alkanes) is 4. The summed E-state index contributed by atoms with van der Waals surface area (Å²) >= 11 is 0. The van der Waals surface area contributed by atoms with E-state index in [4.69, 9.17) is 10.2 Å². The highest BCUT2D eigenvalue weighted by Gasteiger charge is 1.95. The van der Waals surface area contributed by atoms with Crippen molar-refractivity contribution >= 4 is 0 Å². The summed E-state index contributed by atoms with van der Waals surface area (Å²) in [6.45, 7) is 4.95. The van der Waals surface area contributed by atoms with Gasteiger partial charge in [0.15, 0.2) is 0 Å². The third kappa shape index (κ3) is 25.9. The summed E-state index contributed by atoms with van der Waals surface area (Å²) in [7, 11) is 0. The van der Waals surface area contributed by atoms with Gasteiger partial charge in [-0.2, -0.15) is 0 Å². The molecule has 0 radical (unpaired) electrons. The number of hydrogen-bond acceptors (Lipinski definition) is 2. The van der Waals surface area contributed by atoms with Crippen LogP contribution in [-0.4, -0.2) is 23.4 Å². The first-order chi connectivity index (χ1) is 8.33. The van der Waals surface area contributed by atoms with Gasteiger partial charge in [0.1, 0.15) is 0 Å². The molecule has 1 fully saturated rings.